The van der Waals surface area contributed by atoms with Crippen molar-refractivity contribution >= 4 is 0 Å². The summed E-state index contributed by atoms with van der Waals surface area (Å²) < 4.78 is 18.9. The Morgan fingerprint density at radius 2 is 1.73 bits per heavy atom. The van der Waals surface area contributed by atoms with Crippen LogP contribution in [-0.4, -0.2) is 23.7 Å². The Labute approximate surface area is 131 Å². The summed E-state index contributed by atoms with van der Waals surface area (Å²) in [6.45, 7) is 4.14. The van der Waals surface area contributed by atoms with E-state index in [-0.39, 0.29) is 5.75 Å². The predicted molar refractivity (Wildman–Crippen MR) is 85.5 cm³/mol. The first-order valence-corrected chi connectivity index (χ1v) is 7.46. The third-order valence-electron chi connectivity index (χ3n) is 3.59. The van der Waals surface area contributed by atoms with Gasteiger partial charge in [0.1, 0.15) is 5.75 Å². The fourth-order valence-corrected chi connectivity index (χ4v) is 2.53. The minimum Gasteiger partial charge on any atom is -0.505 e. The molecule has 2 rings (SSSR count). The Bertz CT molecular complexity index is 616. The van der Waals surface area contributed by atoms with Crippen molar-refractivity contribution in [1.29, 1.82) is 0 Å². The number of para-hydroxylation sites is 2. The molecule has 0 saturated carbocycles. The van der Waals surface area contributed by atoms with Crippen LogP contribution in [0.2, 0.25) is 0 Å². The molecule has 0 spiro atoms. The van der Waals surface area contributed by atoms with Crippen molar-refractivity contribution < 1.29 is 14.2 Å². The van der Waals surface area contributed by atoms with E-state index in [1.807, 2.05) is 24.3 Å². The average Bonchev–Trinajstić information content (AvgIpc) is 2.52. The molecule has 0 aliphatic rings. The number of hydrogen-bond donors (Lipinski definition) is 1. The number of halogens is 1. The summed E-state index contributed by atoms with van der Waals surface area (Å²) in [4.78, 5) is 2.17. The van der Waals surface area contributed by atoms with Crippen LogP contribution in [0.5, 0.6) is 11.5 Å². The third kappa shape index (κ3) is 3.98. The number of nitrogens with zero attached hydrogens (tertiary/aromatic N) is 1. The van der Waals surface area contributed by atoms with Crippen LogP contribution < -0.4 is 4.74 Å². The van der Waals surface area contributed by atoms with Crippen molar-refractivity contribution in [2.24, 2.45) is 0 Å². The minimum atomic E-state index is -0.578. The van der Waals surface area contributed by atoms with E-state index >= 15 is 0 Å². The Morgan fingerprint density at radius 1 is 1.05 bits per heavy atom. The van der Waals surface area contributed by atoms with Crippen LogP contribution in [0.25, 0.3) is 0 Å². The van der Waals surface area contributed by atoms with Gasteiger partial charge in [0, 0.05) is 24.2 Å². The number of phenolic OH excluding ortho intramolecular Hbond substituents is 1. The third-order valence-corrected chi connectivity index (χ3v) is 3.59. The Kier molecular flexibility index (Phi) is 5.78. The monoisotopic (exact) mass is 303 g/mol. The molecule has 0 radical (unpaired) electrons. The quantitative estimate of drug-likeness (QED) is 0.840. The predicted octanol–water partition coefficient (Wildman–Crippen LogP) is 3.95. The number of rotatable bonds is 7. The van der Waals surface area contributed by atoms with Crippen LogP contribution in [0, 0.1) is 5.82 Å². The number of aromatic hydroxyl groups is 1. The molecule has 0 bridgehead atoms. The SMILES string of the molecule is CCCN(Cc1ccccc1OC)Cc1cccc(F)c1O. The number of phenols is 1. The van der Waals surface area contributed by atoms with Gasteiger partial charge in [0.15, 0.2) is 11.6 Å². The zero-order chi connectivity index (χ0) is 15.9. The molecule has 2 aromatic rings. The van der Waals surface area contributed by atoms with E-state index in [2.05, 4.69) is 11.8 Å². The lowest BCUT2D eigenvalue weighted by Gasteiger charge is -2.23. The first-order chi connectivity index (χ1) is 10.7. The molecule has 1 N–H and O–H groups in total. The molecule has 3 nitrogen and oxygen atoms in total. The van der Waals surface area contributed by atoms with Crippen molar-refractivity contribution in [2.45, 2.75) is 26.4 Å². The van der Waals surface area contributed by atoms with Gasteiger partial charge in [0.05, 0.1) is 7.11 Å². The van der Waals surface area contributed by atoms with Crippen LogP contribution in [0.1, 0.15) is 24.5 Å². The summed E-state index contributed by atoms with van der Waals surface area (Å²) in [6, 6.07) is 12.5. The van der Waals surface area contributed by atoms with Crippen LogP contribution >= 0.6 is 0 Å². The van der Waals surface area contributed by atoms with Gasteiger partial charge in [-0.3, -0.25) is 4.90 Å². The van der Waals surface area contributed by atoms with Crippen molar-refractivity contribution in [3.63, 3.8) is 0 Å². The molecule has 0 heterocycles. The number of hydrogen-bond acceptors (Lipinski definition) is 3. The second-order valence-corrected chi connectivity index (χ2v) is 5.27. The number of methoxy groups -OCH3 is 1. The lowest BCUT2D eigenvalue weighted by molar-refractivity contribution is 0.248. The second kappa shape index (κ2) is 7.80. The minimum absolute atomic E-state index is 0.261. The smallest absolute Gasteiger partial charge is 0.165 e. The van der Waals surface area contributed by atoms with E-state index in [0.29, 0.717) is 18.7 Å². The molecule has 0 aromatic heterocycles. The Morgan fingerprint density at radius 3 is 2.45 bits per heavy atom. The molecule has 0 unspecified atom stereocenters. The van der Waals surface area contributed by atoms with Gasteiger partial charge in [-0.15, -0.1) is 0 Å². The van der Waals surface area contributed by atoms with E-state index < -0.39 is 5.82 Å². The maximum absolute atomic E-state index is 13.5. The summed E-state index contributed by atoms with van der Waals surface area (Å²) >= 11 is 0. The van der Waals surface area contributed by atoms with Gasteiger partial charge in [-0.2, -0.15) is 0 Å². The molecule has 2 aromatic carbocycles. The molecule has 118 valence electrons. The first-order valence-electron chi connectivity index (χ1n) is 7.46. The average molecular weight is 303 g/mol. The summed E-state index contributed by atoms with van der Waals surface area (Å²) in [5.74, 6) is 0.00179. The van der Waals surface area contributed by atoms with Crippen molar-refractivity contribution in [2.75, 3.05) is 13.7 Å². The summed E-state index contributed by atoms with van der Waals surface area (Å²) in [6.07, 6.45) is 0.977. The molecule has 0 amide bonds. The summed E-state index contributed by atoms with van der Waals surface area (Å²) in [5.41, 5.74) is 1.68. The van der Waals surface area contributed by atoms with Gasteiger partial charge in [-0.1, -0.05) is 37.3 Å². The lowest BCUT2D eigenvalue weighted by Crippen LogP contribution is -2.24. The molecule has 22 heavy (non-hydrogen) atoms. The van der Waals surface area contributed by atoms with Crippen molar-refractivity contribution in [3.8, 4) is 11.5 Å². The van der Waals surface area contributed by atoms with Gasteiger partial charge >= 0.3 is 0 Å². The Hall–Kier alpha value is -2.07. The molecule has 0 saturated heterocycles. The van der Waals surface area contributed by atoms with Gasteiger partial charge in [0.25, 0.3) is 0 Å². The van der Waals surface area contributed by atoms with E-state index in [1.165, 1.54) is 6.07 Å². The fourth-order valence-electron chi connectivity index (χ4n) is 2.53. The molecule has 0 aliphatic heterocycles. The molecular formula is C18H22FNO2. The highest BCUT2D eigenvalue weighted by atomic mass is 19.1. The standard InChI is InChI=1S/C18H22FNO2/c1-3-11-20(12-14-7-4-5-10-17(14)22-2)13-15-8-6-9-16(19)18(15)21/h4-10,21H,3,11-13H2,1-2H3. The number of ether oxygens (including phenoxy) is 1. The van der Waals surface area contributed by atoms with E-state index in [0.717, 1.165) is 24.3 Å². The zero-order valence-electron chi connectivity index (χ0n) is 13.1. The maximum atomic E-state index is 13.5. The first kappa shape index (κ1) is 16.3. The van der Waals surface area contributed by atoms with Crippen LogP contribution in [-0.2, 0) is 13.1 Å². The maximum Gasteiger partial charge on any atom is 0.165 e. The summed E-state index contributed by atoms with van der Waals surface area (Å²) in [7, 11) is 1.65. The second-order valence-electron chi connectivity index (χ2n) is 5.27. The van der Waals surface area contributed by atoms with Gasteiger partial charge in [-0.25, -0.2) is 4.39 Å². The Balaban J connectivity index is 2.18. The normalized spacial score (nSPS) is 10.9. The van der Waals surface area contributed by atoms with Gasteiger partial charge in [-0.05, 0) is 25.1 Å². The largest absolute Gasteiger partial charge is 0.505 e. The van der Waals surface area contributed by atoms with E-state index in [9.17, 15) is 9.50 Å². The van der Waals surface area contributed by atoms with Gasteiger partial charge < -0.3 is 9.84 Å². The molecule has 0 aliphatic carbocycles. The highest BCUT2D eigenvalue weighted by molar-refractivity contribution is 5.35. The van der Waals surface area contributed by atoms with E-state index in [4.69, 9.17) is 4.74 Å². The number of benzene rings is 2. The van der Waals surface area contributed by atoms with Gasteiger partial charge in [0.2, 0.25) is 0 Å². The highest BCUT2D eigenvalue weighted by Crippen LogP contribution is 2.25. The molecule has 0 fully saturated rings. The zero-order valence-corrected chi connectivity index (χ0v) is 13.1. The highest BCUT2D eigenvalue weighted by Gasteiger charge is 2.13. The summed E-state index contributed by atoms with van der Waals surface area (Å²) in [5, 5.41) is 9.86. The van der Waals surface area contributed by atoms with Crippen molar-refractivity contribution in [1.82, 2.24) is 4.90 Å². The molecule has 0 atom stereocenters. The topological polar surface area (TPSA) is 32.7 Å². The fraction of sp³-hybridized carbons (Fsp3) is 0.333. The lowest BCUT2D eigenvalue weighted by atomic mass is 10.1. The van der Waals surface area contributed by atoms with Crippen LogP contribution in [0.15, 0.2) is 42.5 Å². The van der Waals surface area contributed by atoms with Crippen molar-refractivity contribution in [3.05, 3.63) is 59.4 Å². The molecule has 4 heteroatoms. The van der Waals surface area contributed by atoms with E-state index in [1.54, 1.807) is 19.2 Å². The molecular weight excluding hydrogens is 281 g/mol. The van der Waals surface area contributed by atoms with Crippen LogP contribution in [0.3, 0.4) is 0 Å². The van der Waals surface area contributed by atoms with Crippen LogP contribution in [0.4, 0.5) is 4.39 Å².